The lowest BCUT2D eigenvalue weighted by molar-refractivity contribution is -0.132. The monoisotopic (exact) mass is 335 g/mol. The van der Waals surface area contributed by atoms with Gasteiger partial charge in [-0.2, -0.15) is 0 Å². The highest BCUT2D eigenvalue weighted by molar-refractivity contribution is 6.22. The van der Waals surface area contributed by atoms with Gasteiger partial charge in [-0.15, -0.1) is 0 Å². The average Bonchev–Trinajstić information content (AvgIpc) is 2.72. The second kappa shape index (κ2) is 6.27. The van der Waals surface area contributed by atoms with Gasteiger partial charge in [0.05, 0.1) is 11.7 Å². The molecule has 25 heavy (non-hydrogen) atoms. The predicted molar refractivity (Wildman–Crippen MR) is 98.9 cm³/mol. The second-order valence-corrected chi connectivity index (χ2v) is 6.33. The van der Waals surface area contributed by atoms with Crippen LogP contribution in [0.1, 0.15) is 18.1 Å². The van der Waals surface area contributed by atoms with Crippen LogP contribution in [0.25, 0.3) is 5.57 Å². The first-order valence-corrected chi connectivity index (χ1v) is 8.11. The summed E-state index contributed by atoms with van der Waals surface area (Å²) >= 11 is 0. The Morgan fingerprint density at radius 2 is 1.68 bits per heavy atom. The molecule has 5 heteroatoms. The Labute approximate surface area is 146 Å². The molecule has 0 saturated heterocycles. The van der Waals surface area contributed by atoms with Crippen molar-refractivity contribution in [2.45, 2.75) is 18.5 Å². The van der Waals surface area contributed by atoms with Crippen LogP contribution in [0.5, 0.6) is 0 Å². The molecule has 1 aliphatic heterocycles. The molecule has 2 aromatic rings. The lowest BCUT2D eigenvalue weighted by atomic mass is 9.85. The number of benzene rings is 2. The van der Waals surface area contributed by atoms with Gasteiger partial charge in [-0.1, -0.05) is 48.5 Å². The average molecular weight is 335 g/mol. The Balaban J connectivity index is 2.32. The van der Waals surface area contributed by atoms with Crippen LogP contribution in [0.2, 0.25) is 0 Å². The van der Waals surface area contributed by atoms with Gasteiger partial charge in [-0.25, -0.2) is 0 Å². The third kappa shape index (κ3) is 2.77. The van der Waals surface area contributed by atoms with Crippen LogP contribution in [0.15, 0.2) is 60.7 Å². The molecule has 5 nitrogen and oxygen atoms in total. The number of carbonyl (C=O) groups is 2. The number of anilines is 1. The third-order valence-electron chi connectivity index (χ3n) is 4.49. The normalized spacial score (nSPS) is 21.2. The molecule has 4 N–H and O–H groups in total. The van der Waals surface area contributed by atoms with E-state index in [1.54, 1.807) is 13.1 Å². The highest BCUT2D eigenvalue weighted by atomic mass is 16.2. The summed E-state index contributed by atoms with van der Waals surface area (Å²) in [5.74, 6) is -1.00. The van der Waals surface area contributed by atoms with Crippen LogP contribution in [-0.4, -0.2) is 30.3 Å². The van der Waals surface area contributed by atoms with Gasteiger partial charge in [0.1, 0.15) is 0 Å². The van der Waals surface area contributed by atoms with Gasteiger partial charge in [0.25, 0.3) is 5.91 Å². The van der Waals surface area contributed by atoms with Gasteiger partial charge < -0.3 is 16.4 Å². The standard InChI is InChI=1S/C20H21N3O2/c1-13(21)18(24)20(22)12-16(14-8-4-3-5-9-14)15-10-6-7-11-17(15)23(2)19(20)25/h3-13H,21-22H2,1-2H3/t13-,20?/m0/s1. The fourth-order valence-corrected chi connectivity index (χ4v) is 3.16. The van der Waals surface area contributed by atoms with E-state index < -0.39 is 23.3 Å². The minimum atomic E-state index is -1.81. The number of Topliss-reactive ketones (excluding diaryl/α,β-unsaturated/α-hetero) is 1. The van der Waals surface area contributed by atoms with E-state index in [4.69, 9.17) is 11.5 Å². The molecule has 0 aromatic heterocycles. The molecule has 1 unspecified atom stereocenters. The Bertz CT molecular complexity index is 858. The van der Waals surface area contributed by atoms with E-state index in [0.717, 1.165) is 16.7 Å². The van der Waals surface area contributed by atoms with Crippen molar-refractivity contribution < 1.29 is 9.59 Å². The number of fused-ring (bicyclic) bond motifs is 1. The number of rotatable bonds is 3. The fraction of sp³-hybridized carbons (Fsp3) is 0.200. The number of hydrogen-bond acceptors (Lipinski definition) is 4. The maximum Gasteiger partial charge on any atom is 0.258 e. The van der Waals surface area contributed by atoms with Crippen LogP contribution in [0.4, 0.5) is 5.69 Å². The summed E-state index contributed by atoms with van der Waals surface area (Å²) in [7, 11) is 1.62. The molecule has 1 heterocycles. The zero-order valence-electron chi connectivity index (χ0n) is 14.3. The Kier molecular flexibility index (Phi) is 4.29. The molecule has 0 fully saturated rings. The van der Waals surface area contributed by atoms with E-state index in [1.165, 1.54) is 11.8 Å². The number of likely N-dealkylation sites (N-methyl/N-ethyl adjacent to an activating group) is 1. The van der Waals surface area contributed by atoms with E-state index in [0.29, 0.717) is 5.69 Å². The molecule has 0 saturated carbocycles. The first-order chi connectivity index (χ1) is 11.9. The van der Waals surface area contributed by atoms with E-state index in [-0.39, 0.29) is 0 Å². The highest BCUT2D eigenvalue weighted by Gasteiger charge is 2.45. The summed E-state index contributed by atoms with van der Waals surface area (Å²) in [5, 5.41) is 0. The quantitative estimate of drug-likeness (QED) is 0.836. The lowest BCUT2D eigenvalue weighted by Crippen LogP contribution is -2.62. The zero-order valence-corrected chi connectivity index (χ0v) is 14.3. The van der Waals surface area contributed by atoms with Crippen molar-refractivity contribution in [2.75, 3.05) is 11.9 Å². The van der Waals surface area contributed by atoms with Crippen LogP contribution >= 0.6 is 0 Å². The maximum atomic E-state index is 13.0. The summed E-state index contributed by atoms with van der Waals surface area (Å²) in [5.41, 5.74) is 13.5. The van der Waals surface area contributed by atoms with Crippen LogP contribution in [0.3, 0.4) is 0 Å². The van der Waals surface area contributed by atoms with E-state index >= 15 is 0 Å². The fourth-order valence-electron chi connectivity index (χ4n) is 3.16. The van der Waals surface area contributed by atoms with E-state index in [2.05, 4.69) is 0 Å². The van der Waals surface area contributed by atoms with Crippen molar-refractivity contribution >= 4 is 23.0 Å². The van der Waals surface area contributed by atoms with Gasteiger partial charge in [-0.3, -0.25) is 9.59 Å². The van der Waals surface area contributed by atoms with Gasteiger partial charge in [0, 0.05) is 12.6 Å². The third-order valence-corrected chi connectivity index (χ3v) is 4.49. The summed E-state index contributed by atoms with van der Waals surface area (Å²) in [6.07, 6.45) is 1.55. The zero-order chi connectivity index (χ0) is 18.2. The van der Waals surface area contributed by atoms with E-state index in [9.17, 15) is 9.59 Å². The van der Waals surface area contributed by atoms with Crippen molar-refractivity contribution in [2.24, 2.45) is 11.5 Å². The summed E-state index contributed by atoms with van der Waals surface area (Å²) in [6.45, 7) is 1.54. The Morgan fingerprint density at radius 1 is 1.08 bits per heavy atom. The first kappa shape index (κ1) is 17.1. The van der Waals surface area contributed by atoms with E-state index in [1.807, 2.05) is 54.6 Å². The summed E-state index contributed by atoms with van der Waals surface area (Å²) in [4.78, 5) is 27.2. The molecule has 1 aliphatic rings. The number of nitrogens with zero attached hydrogens (tertiary/aromatic N) is 1. The number of para-hydroxylation sites is 1. The molecule has 1 amide bonds. The minimum absolute atomic E-state index is 0.492. The van der Waals surface area contributed by atoms with Gasteiger partial charge in [0.2, 0.25) is 0 Å². The molecule has 0 bridgehead atoms. The van der Waals surface area contributed by atoms with Crippen LogP contribution < -0.4 is 16.4 Å². The molecule has 3 rings (SSSR count). The molecule has 0 aliphatic carbocycles. The molecule has 128 valence electrons. The van der Waals surface area contributed by atoms with Crippen molar-refractivity contribution in [3.63, 3.8) is 0 Å². The van der Waals surface area contributed by atoms with Crippen LogP contribution in [0, 0.1) is 0 Å². The van der Waals surface area contributed by atoms with Crippen LogP contribution in [-0.2, 0) is 9.59 Å². The molecule has 0 spiro atoms. The highest BCUT2D eigenvalue weighted by Crippen LogP contribution is 2.36. The Hall–Kier alpha value is -2.76. The maximum absolute atomic E-state index is 13.0. The number of nitrogens with two attached hydrogens (primary N) is 2. The minimum Gasteiger partial charge on any atom is -0.322 e. The largest absolute Gasteiger partial charge is 0.322 e. The topological polar surface area (TPSA) is 89.4 Å². The van der Waals surface area contributed by atoms with Crippen molar-refractivity contribution in [1.29, 1.82) is 0 Å². The van der Waals surface area contributed by atoms with Crippen molar-refractivity contribution in [3.8, 4) is 0 Å². The molecule has 0 radical (unpaired) electrons. The molecular formula is C20H21N3O2. The number of hydrogen-bond donors (Lipinski definition) is 2. The van der Waals surface area contributed by atoms with Gasteiger partial charge in [0.15, 0.2) is 11.3 Å². The van der Waals surface area contributed by atoms with Gasteiger partial charge >= 0.3 is 0 Å². The van der Waals surface area contributed by atoms with Gasteiger partial charge in [-0.05, 0) is 30.2 Å². The number of amides is 1. The smallest absolute Gasteiger partial charge is 0.258 e. The van der Waals surface area contributed by atoms with Crippen molar-refractivity contribution in [1.82, 2.24) is 0 Å². The molecule has 2 aromatic carbocycles. The predicted octanol–water partition coefficient (Wildman–Crippen LogP) is 1.71. The SMILES string of the molecule is C[C@H](N)C(=O)C1(N)C=C(c2ccccc2)c2ccccc2N(C)C1=O. The summed E-state index contributed by atoms with van der Waals surface area (Å²) in [6, 6.07) is 16.2. The Morgan fingerprint density at radius 3 is 2.32 bits per heavy atom. The number of carbonyl (C=O) groups excluding carboxylic acids is 2. The second-order valence-electron chi connectivity index (χ2n) is 6.33. The first-order valence-electron chi connectivity index (χ1n) is 8.11. The number of ketones is 1. The van der Waals surface area contributed by atoms with Crippen molar-refractivity contribution in [3.05, 3.63) is 71.8 Å². The molecule has 2 atom stereocenters. The summed E-state index contributed by atoms with van der Waals surface area (Å²) < 4.78 is 0. The lowest BCUT2D eigenvalue weighted by Gasteiger charge is -2.28. The molecular weight excluding hydrogens is 314 g/mol.